The molecule has 0 aromatic carbocycles. The first-order chi connectivity index (χ1) is 20.5. The molecule has 6 nitrogen and oxygen atoms in total. The highest BCUT2D eigenvalue weighted by Gasteiger charge is 2.23. The summed E-state index contributed by atoms with van der Waals surface area (Å²) in [6.07, 6.45) is 19.3. The van der Waals surface area contributed by atoms with Crippen molar-refractivity contribution in [3.8, 4) is 0 Å². The minimum atomic E-state index is -0.0309. The number of unbranched alkanes of at least 4 members (excludes halogenated alkanes) is 2. The molecule has 2 fully saturated rings. The summed E-state index contributed by atoms with van der Waals surface area (Å²) in [5.74, 6) is 1.64. The van der Waals surface area contributed by atoms with Crippen LogP contribution in [0.25, 0.3) is 0 Å². The average molecular weight is 607 g/mol. The molecule has 0 amide bonds. The van der Waals surface area contributed by atoms with Crippen LogP contribution in [0, 0.1) is 22.7 Å². The minimum Gasteiger partial charge on any atom is -0.466 e. The molecule has 0 aromatic heterocycles. The van der Waals surface area contributed by atoms with E-state index in [1.54, 1.807) is 0 Å². The van der Waals surface area contributed by atoms with Gasteiger partial charge >= 0.3 is 11.9 Å². The molecule has 0 saturated carbocycles. The fourth-order valence-electron chi connectivity index (χ4n) is 6.97. The predicted molar refractivity (Wildman–Crippen MR) is 179 cm³/mol. The van der Waals surface area contributed by atoms with E-state index in [-0.39, 0.29) is 11.9 Å². The fourth-order valence-corrected chi connectivity index (χ4v) is 6.97. The van der Waals surface area contributed by atoms with Gasteiger partial charge in [-0.05, 0) is 119 Å². The summed E-state index contributed by atoms with van der Waals surface area (Å²) in [6, 6.07) is 0. The van der Waals surface area contributed by atoms with E-state index in [4.69, 9.17) is 9.47 Å². The number of piperidine rings is 2. The van der Waals surface area contributed by atoms with Crippen molar-refractivity contribution < 1.29 is 19.1 Å². The third-order valence-corrected chi connectivity index (χ3v) is 9.93. The Labute approximate surface area is 266 Å². The molecular weight excluding hydrogens is 536 g/mol. The van der Waals surface area contributed by atoms with Crippen molar-refractivity contribution in [2.24, 2.45) is 22.7 Å². The van der Waals surface area contributed by atoms with Crippen molar-refractivity contribution in [3.05, 3.63) is 0 Å². The van der Waals surface area contributed by atoms with Gasteiger partial charge in [0.2, 0.25) is 0 Å². The van der Waals surface area contributed by atoms with Crippen molar-refractivity contribution in [1.82, 2.24) is 9.80 Å². The zero-order valence-corrected chi connectivity index (χ0v) is 29.4. The van der Waals surface area contributed by atoms with Crippen molar-refractivity contribution in [2.45, 2.75) is 151 Å². The van der Waals surface area contributed by atoms with Crippen molar-refractivity contribution in [1.29, 1.82) is 0 Å². The first-order valence-corrected chi connectivity index (χ1v) is 18.2. The summed E-state index contributed by atoms with van der Waals surface area (Å²) >= 11 is 0. The van der Waals surface area contributed by atoms with Crippen molar-refractivity contribution in [2.75, 3.05) is 52.5 Å². The van der Waals surface area contributed by atoms with Crippen molar-refractivity contribution in [3.63, 3.8) is 0 Å². The van der Waals surface area contributed by atoms with Gasteiger partial charge in [-0.2, -0.15) is 0 Å². The van der Waals surface area contributed by atoms with Crippen LogP contribution in [0.4, 0.5) is 0 Å². The average Bonchev–Trinajstić information content (AvgIpc) is 2.95. The van der Waals surface area contributed by atoms with E-state index in [2.05, 4.69) is 51.3 Å². The molecule has 0 aromatic rings. The molecule has 2 rings (SSSR count). The number of rotatable bonds is 21. The Morgan fingerprint density at radius 1 is 0.628 bits per heavy atom. The summed E-state index contributed by atoms with van der Waals surface area (Å²) < 4.78 is 11.0. The number of hydrogen-bond acceptors (Lipinski definition) is 6. The van der Waals surface area contributed by atoms with Crippen LogP contribution in [0.15, 0.2) is 0 Å². The van der Waals surface area contributed by atoms with Gasteiger partial charge in [-0.1, -0.05) is 67.2 Å². The van der Waals surface area contributed by atoms with Crippen LogP contribution < -0.4 is 0 Å². The smallest absolute Gasteiger partial charge is 0.307 e. The largest absolute Gasteiger partial charge is 0.466 e. The van der Waals surface area contributed by atoms with Crippen LogP contribution in [0.1, 0.15) is 151 Å². The Kier molecular flexibility index (Phi) is 18.4. The molecule has 0 atom stereocenters. The van der Waals surface area contributed by atoms with Crippen LogP contribution in [-0.2, 0) is 19.1 Å². The zero-order chi connectivity index (χ0) is 31.6. The second-order valence-electron chi connectivity index (χ2n) is 15.8. The second-order valence-corrected chi connectivity index (χ2v) is 15.8. The lowest BCUT2D eigenvalue weighted by Gasteiger charge is -2.33. The standard InChI is InChI=1S/C37H70N2O4/c1-7-21-37(5,6)23-9-11-31-43-35(41)20-29-39-26-17-33(18-27-39)14-12-13-32-15-24-38(25-16-32)28-19-34(40)42-30-10-8-22-36(2,3)4/h32-33H,7-31H2,1-6H3. The normalized spacial score (nSPS) is 18.2. The highest BCUT2D eigenvalue weighted by molar-refractivity contribution is 5.69. The van der Waals surface area contributed by atoms with Crippen LogP contribution >= 0.6 is 0 Å². The Balaban J connectivity index is 1.42. The molecule has 43 heavy (non-hydrogen) atoms. The number of carbonyl (C=O) groups is 2. The first kappa shape index (κ1) is 38.0. The Morgan fingerprint density at radius 3 is 1.49 bits per heavy atom. The summed E-state index contributed by atoms with van der Waals surface area (Å²) in [4.78, 5) is 29.2. The number of carbonyl (C=O) groups excluding carboxylic acids is 2. The van der Waals surface area contributed by atoms with Crippen LogP contribution in [-0.4, -0.2) is 74.2 Å². The van der Waals surface area contributed by atoms with E-state index in [1.165, 1.54) is 70.6 Å². The highest BCUT2D eigenvalue weighted by Crippen LogP contribution is 2.29. The molecule has 0 aliphatic carbocycles. The molecular formula is C37H70N2O4. The van der Waals surface area contributed by atoms with Gasteiger partial charge in [0.15, 0.2) is 0 Å². The zero-order valence-electron chi connectivity index (χ0n) is 29.4. The van der Waals surface area contributed by atoms with Crippen molar-refractivity contribution >= 4 is 11.9 Å². The maximum atomic E-state index is 12.2. The summed E-state index contributed by atoms with van der Waals surface area (Å²) in [7, 11) is 0. The van der Waals surface area contributed by atoms with Gasteiger partial charge in [-0.15, -0.1) is 0 Å². The van der Waals surface area contributed by atoms with Gasteiger partial charge in [-0.25, -0.2) is 0 Å². The topological polar surface area (TPSA) is 59.1 Å². The van der Waals surface area contributed by atoms with Crippen LogP contribution in [0.3, 0.4) is 0 Å². The van der Waals surface area contributed by atoms with E-state index in [1.807, 2.05) is 0 Å². The summed E-state index contributed by atoms with van der Waals surface area (Å²) in [6.45, 7) is 21.1. The number of likely N-dealkylation sites (tertiary alicyclic amines) is 2. The lowest BCUT2D eigenvalue weighted by Crippen LogP contribution is -2.36. The van der Waals surface area contributed by atoms with Gasteiger partial charge in [0.05, 0.1) is 26.1 Å². The maximum Gasteiger partial charge on any atom is 0.307 e. The Bertz CT molecular complexity index is 746. The fraction of sp³-hybridized carbons (Fsp3) is 0.946. The molecule has 2 saturated heterocycles. The second kappa shape index (κ2) is 20.8. The number of ether oxygens (including phenoxy) is 2. The Hall–Kier alpha value is -1.14. The lowest BCUT2D eigenvalue weighted by atomic mass is 9.83. The van der Waals surface area contributed by atoms with E-state index < -0.39 is 0 Å². The minimum absolute atomic E-state index is 0.0250. The molecule has 0 radical (unpaired) electrons. The monoisotopic (exact) mass is 607 g/mol. The molecule has 0 unspecified atom stereocenters. The molecule has 0 N–H and O–H groups in total. The molecule has 0 bridgehead atoms. The SMILES string of the molecule is CCCC(C)(C)CCCCOC(=O)CCN1CCC(CCCC2CCN(CCC(=O)OCCCCC(C)(C)C)CC2)CC1. The van der Waals surface area contributed by atoms with Crippen LogP contribution in [0.2, 0.25) is 0 Å². The summed E-state index contributed by atoms with van der Waals surface area (Å²) in [5, 5.41) is 0. The molecule has 2 heterocycles. The third-order valence-electron chi connectivity index (χ3n) is 9.93. The number of esters is 2. The molecule has 0 spiro atoms. The lowest BCUT2D eigenvalue weighted by molar-refractivity contribution is -0.145. The van der Waals surface area contributed by atoms with Gasteiger partial charge in [-0.3, -0.25) is 9.59 Å². The van der Waals surface area contributed by atoms with Crippen LogP contribution in [0.5, 0.6) is 0 Å². The van der Waals surface area contributed by atoms with Gasteiger partial charge < -0.3 is 19.3 Å². The quantitative estimate of drug-likeness (QED) is 0.0963. The number of hydrogen-bond donors (Lipinski definition) is 0. The van der Waals surface area contributed by atoms with Gasteiger partial charge in [0.25, 0.3) is 0 Å². The maximum absolute atomic E-state index is 12.2. The van der Waals surface area contributed by atoms with E-state index in [9.17, 15) is 9.59 Å². The molecule has 2 aliphatic heterocycles. The van der Waals surface area contributed by atoms with Gasteiger partial charge in [0, 0.05) is 13.1 Å². The highest BCUT2D eigenvalue weighted by atomic mass is 16.5. The molecule has 6 heteroatoms. The molecule has 252 valence electrons. The first-order valence-electron chi connectivity index (χ1n) is 18.2. The number of nitrogens with zero attached hydrogens (tertiary/aromatic N) is 2. The van der Waals surface area contributed by atoms with E-state index >= 15 is 0 Å². The molecule has 2 aliphatic rings. The summed E-state index contributed by atoms with van der Waals surface area (Å²) in [5.41, 5.74) is 0.770. The van der Waals surface area contributed by atoms with Gasteiger partial charge in [0.1, 0.15) is 0 Å². The van der Waals surface area contributed by atoms with E-state index in [0.29, 0.717) is 36.9 Å². The third kappa shape index (κ3) is 19.1. The van der Waals surface area contributed by atoms with E-state index in [0.717, 1.165) is 76.8 Å². The Morgan fingerprint density at radius 2 is 1.07 bits per heavy atom. The predicted octanol–water partition coefficient (Wildman–Crippen LogP) is 8.66.